The van der Waals surface area contributed by atoms with Crippen LogP contribution in [0.3, 0.4) is 0 Å². The normalized spacial score (nSPS) is 17.2. The summed E-state index contributed by atoms with van der Waals surface area (Å²) in [5, 5.41) is 11.9. The zero-order valence-corrected chi connectivity index (χ0v) is 12.8. The average molecular weight is 285 g/mol. The van der Waals surface area contributed by atoms with Gasteiger partial charge in [0.05, 0.1) is 17.3 Å². The van der Waals surface area contributed by atoms with Gasteiger partial charge >= 0.3 is 0 Å². The van der Waals surface area contributed by atoms with Crippen molar-refractivity contribution < 1.29 is 4.79 Å². The summed E-state index contributed by atoms with van der Waals surface area (Å²) < 4.78 is 0. The lowest BCUT2D eigenvalue weighted by molar-refractivity contribution is -0.121. The van der Waals surface area contributed by atoms with Gasteiger partial charge in [-0.3, -0.25) is 9.69 Å². The van der Waals surface area contributed by atoms with Crippen molar-refractivity contribution in [2.24, 2.45) is 0 Å². The molecule has 0 saturated heterocycles. The van der Waals surface area contributed by atoms with Crippen molar-refractivity contribution >= 4 is 11.6 Å². The number of hydrogen-bond acceptors (Lipinski definition) is 3. The van der Waals surface area contributed by atoms with Gasteiger partial charge in [-0.15, -0.1) is 0 Å². The Morgan fingerprint density at radius 2 is 2.00 bits per heavy atom. The molecule has 1 amide bonds. The molecule has 0 heterocycles. The first-order chi connectivity index (χ1) is 10.1. The maximum absolute atomic E-state index is 12.4. The molecule has 0 aromatic heterocycles. The second-order valence-corrected chi connectivity index (χ2v) is 5.78. The van der Waals surface area contributed by atoms with Gasteiger partial charge in [0.2, 0.25) is 5.91 Å². The van der Waals surface area contributed by atoms with E-state index in [-0.39, 0.29) is 11.9 Å². The molecular formula is C17H23N3O. The molecule has 0 radical (unpaired) electrons. The van der Waals surface area contributed by atoms with E-state index in [1.165, 1.54) is 32.1 Å². The lowest BCUT2D eigenvalue weighted by atomic mass is 9.93. The maximum Gasteiger partial charge on any atom is 0.241 e. The molecule has 4 nitrogen and oxygen atoms in total. The number of nitrogens with zero attached hydrogens (tertiary/aromatic N) is 2. The largest absolute Gasteiger partial charge is 0.324 e. The molecule has 21 heavy (non-hydrogen) atoms. The van der Waals surface area contributed by atoms with E-state index in [9.17, 15) is 4.79 Å². The average Bonchev–Trinajstić information content (AvgIpc) is 2.54. The predicted molar refractivity (Wildman–Crippen MR) is 83.9 cm³/mol. The van der Waals surface area contributed by atoms with Gasteiger partial charge in [0, 0.05) is 6.04 Å². The molecule has 1 aliphatic rings. The Kier molecular flexibility index (Phi) is 5.35. The van der Waals surface area contributed by atoms with Crippen LogP contribution in [-0.2, 0) is 4.79 Å². The van der Waals surface area contributed by atoms with E-state index in [4.69, 9.17) is 5.26 Å². The third-order valence-corrected chi connectivity index (χ3v) is 4.45. The van der Waals surface area contributed by atoms with Crippen LogP contribution in [0.5, 0.6) is 0 Å². The first-order valence-electron chi connectivity index (χ1n) is 7.65. The quantitative estimate of drug-likeness (QED) is 0.924. The second-order valence-electron chi connectivity index (χ2n) is 5.78. The number of para-hydroxylation sites is 1. The Bertz CT molecular complexity index is 529. The van der Waals surface area contributed by atoms with Gasteiger partial charge in [-0.05, 0) is 38.9 Å². The number of nitrogens with one attached hydrogen (secondary N) is 1. The summed E-state index contributed by atoms with van der Waals surface area (Å²) in [6.07, 6.45) is 6.15. The number of nitriles is 1. The molecule has 2 rings (SSSR count). The number of hydrogen-bond donors (Lipinski definition) is 1. The lowest BCUT2D eigenvalue weighted by Gasteiger charge is -2.34. The van der Waals surface area contributed by atoms with Crippen molar-refractivity contribution in [1.29, 1.82) is 5.26 Å². The SMILES string of the molecule is CC(C(=O)Nc1ccccc1C#N)N(C)C1CCCCC1. The van der Waals surface area contributed by atoms with Gasteiger partial charge in [-0.25, -0.2) is 0 Å². The minimum absolute atomic E-state index is 0.0502. The Hall–Kier alpha value is -1.86. The lowest BCUT2D eigenvalue weighted by Crippen LogP contribution is -2.46. The van der Waals surface area contributed by atoms with E-state index in [2.05, 4.69) is 16.3 Å². The van der Waals surface area contributed by atoms with Crippen molar-refractivity contribution in [2.45, 2.75) is 51.1 Å². The molecule has 112 valence electrons. The van der Waals surface area contributed by atoms with Gasteiger partial charge in [0.15, 0.2) is 0 Å². The Morgan fingerprint density at radius 3 is 2.67 bits per heavy atom. The number of rotatable bonds is 4. The Labute approximate surface area is 126 Å². The highest BCUT2D eigenvalue weighted by atomic mass is 16.2. The minimum Gasteiger partial charge on any atom is -0.324 e. The van der Waals surface area contributed by atoms with Gasteiger partial charge in [-0.2, -0.15) is 5.26 Å². The minimum atomic E-state index is -0.195. The number of anilines is 1. The van der Waals surface area contributed by atoms with Crippen molar-refractivity contribution in [3.05, 3.63) is 29.8 Å². The van der Waals surface area contributed by atoms with Crippen LogP contribution < -0.4 is 5.32 Å². The van der Waals surface area contributed by atoms with Crippen molar-refractivity contribution in [3.8, 4) is 6.07 Å². The van der Waals surface area contributed by atoms with Crippen LogP contribution in [0.1, 0.15) is 44.6 Å². The summed E-state index contributed by atoms with van der Waals surface area (Å²) in [5.74, 6) is -0.0502. The predicted octanol–water partition coefficient (Wildman–Crippen LogP) is 3.15. The summed E-state index contributed by atoms with van der Waals surface area (Å²) in [6, 6.07) is 9.50. The Balaban J connectivity index is 2.00. The molecule has 1 atom stereocenters. The molecule has 1 saturated carbocycles. The number of carbonyl (C=O) groups is 1. The highest BCUT2D eigenvalue weighted by Crippen LogP contribution is 2.23. The van der Waals surface area contributed by atoms with Crippen LogP contribution in [0.15, 0.2) is 24.3 Å². The Morgan fingerprint density at radius 1 is 1.33 bits per heavy atom. The summed E-state index contributed by atoms with van der Waals surface area (Å²) in [4.78, 5) is 14.6. The van der Waals surface area contributed by atoms with Gasteiger partial charge in [0.25, 0.3) is 0 Å². The topological polar surface area (TPSA) is 56.1 Å². The fourth-order valence-electron chi connectivity index (χ4n) is 2.92. The molecular weight excluding hydrogens is 262 g/mol. The smallest absolute Gasteiger partial charge is 0.241 e. The van der Waals surface area contributed by atoms with E-state index < -0.39 is 0 Å². The van der Waals surface area contributed by atoms with Gasteiger partial charge in [0.1, 0.15) is 6.07 Å². The van der Waals surface area contributed by atoms with Crippen LogP contribution in [0.4, 0.5) is 5.69 Å². The molecule has 0 bridgehead atoms. The summed E-state index contributed by atoms with van der Waals surface area (Å²) in [5.41, 5.74) is 1.09. The zero-order chi connectivity index (χ0) is 15.2. The van der Waals surface area contributed by atoms with Gasteiger partial charge in [-0.1, -0.05) is 31.4 Å². The van der Waals surface area contributed by atoms with Crippen LogP contribution >= 0.6 is 0 Å². The fraction of sp³-hybridized carbons (Fsp3) is 0.529. The first kappa shape index (κ1) is 15.5. The summed E-state index contributed by atoms with van der Waals surface area (Å²) in [6.45, 7) is 1.93. The molecule has 0 spiro atoms. The monoisotopic (exact) mass is 285 g/mol. The van der Waals surface area contributed by atoms with Crippen LogP contribution in [0, 0.1) is 11.3 Å². The van der Waals surface area contributed by atoms with Crippen LogP contribution in [0.25, 0.3) is 0 Å². The van der Waals surface area contributed by atoms with E-state index in [0.29, 0.717) is 17.3 Å². The summed E-state index contributed by atoms with van der Waals surface area (Å²) in [7, 11) is 2.02. The highest BCUT2D eigenvalue weighted by molar-refractivity contribution is 5.95. The highest BCUT2D eigenvalue weighted by Gasteiger charge is 2.26. The fourth-order valence-corrected chi connectivity index (χ4v) is 2.92. The molecule has 1 aromatic carbocycles. The molecule has 1 N–H and O–H groups in total. The van der Waals surface area contributed by atoms with E-state index in [1.807, 2.05) is 20.0 Å². The summed E-state index contributed by atoms with van der Waals surface area (Å²) >= 11 is 0. The number of amides is 1. The molecule has 1 aromatic rings. The number of benzene rings is 1. The number of carbonyl (C=O) groups excluding carboxylic acids is 1. The van der Waals surface area contributed by atoms with Crippen molar-refractivity contribution in [1.82, 2.24) is 4.90 Å². The number of likely N-dealkylation sites (N-methyl/N-ethyl adjacent to an activating group) is 1. The third kappa shape index (κ3) is 3.83. The maximum atomic E-state index is 12.4. The standard InChI is InChI=1S/C17H23N3O/c1-13(20(2)15-9-4-3-5-10-15)17(21)19-16-11-7-6-8-14(16)12-18/h6-8,11,13,15H,3-5,9-10H2,1-2H3,(H,19,21). The van der Waals surface area contributed by atoms with Crippen molar-refractivity contribution in [3.63, 3.8) is 0 Å². The molecule has 0 aliphatic heterocycles. The zero-order valence-electron chi connectivity index (χ0n) is 12.8. The molecule has 1 unspecified atom stereocenters. The molecule has 1 aliphatic carbocycles. The van der Waals surface area contributed by atoms with Gasteiger partial charge < -0.3 is 5.32 Å². The van der Waals surface area contributed by atoms with E-state index in [1.54, 1.807) is 18.2 Å². The third-order valence-electron chi connectivity index (χ3n) is 4.45. The molecule has 1 fully saturated rings. The van der Waals surface area contributed by atoms with Crippen LogP contribution in [0.2, 0.25) is 0 Å². The van der Waals surface area contributed by atoms with E-state index >= 15 is 0 Å². The van der Waals surface area contributed by atoms with Crippen LogP contribution in [-0.4, -0.2) is 29.9 Å². The molecule has 4 heteroatoms. The first-order valence-corrected chi connectivity index (χ1v) is 7.65. The van der Waals surface area contributed by atoms with Crippen molar-refractivity contribution in [2.75, 3.05) is 12.4 Å². The second kappa shape index (κ2) is 7.24. The van der Waals surface area contributed by atoms with E-state index in [0.717, 1.165) is 0 Å².